The Bertz CT molecular complexity index is 802. The first-order valence-electron chi connectivity index (χ1n) is 9.56. The van der Waals surface area contributed by atoms with Gasteiger partial charge in [0.25, 0.3) is 5.91 Å². The molecule has 1 aromatic carbocycles. The average molecular weight is 512 g/mol. The molecule has 1 aliphatic rings. The second-order valence-corrected chi connectivity index (χ2v) is 7.14. The van der Waals surface area contributed by atoms with E-state index in [1.54, 1.807) is 25.4 Å². The maximum atomic E-state index is 12.3. The molecule has 0 bridgehead atoms. The van der Waals surface area contributed by atoms with E-state index in [2.05, 4.69) is 27.9 Å². The average Bonchev–Trinajstić information content (AvgIpc) is 3.38. The van der Waals surface area contributed by atoms with Crippen molar-refractivity contribution in [3.05, 3.63) is 59.5 Å². The maximum absolute atomic E-state index is 12.3. The zero-order valence-corrected chi connectivity index (χ0v) is 19.2. The van der Waals surface area contributed by atoms with Crippen molar-refractivity contribution in [1.29, 1.82) is 0 Å². The van der Waals surface area contributed by atoms with Crippen molar-refractivity contribution in [3.8, 4) is 0 Å². The van der Waals surface area contributed by atoms with E-state index >= 15 is 0 Å². The van der Waals surface area contributed by atoms with E-state index in [1.807, 2.05) is 24.3 Å². The largest absolute Gasteiger partial charge is 0.467 e. The van der Waals surface area contributed by atoms with Gasteiger partial charge in [0.05, 0.1) is 18.4 Å². The number of hydrogen-bond donors (Lipinski definition) is 3. The Morgan fingerprint density at radius 3 is 2.72 bits per heavy atom. The van der Waals surface area contributed by atoms with Crippen LogP contribution in [-0.2, 0) is 17.8 Å². The van der Waals surface area contributed by atoms with E-state index in [9.17, 15) is 4.79 Å². The van der Waals surface area contributed by atoms with Gasteiger partial charge in [-0.05, 0) is 49.6 Å². The Morgan fingerprint density at radius 2 is 2.03 bits per heavy atom. The van der Waals surface area contributed by atoms with Gasteiger partial charge >= 0.3 is 0 Å². The molecule has 0 spiro atoms. The van der Waals surface area contributed by atoms with Gasteiger partial charge in [0, 0.05) is 32.3 Å². The van der Waals surface area contributed by atoms with Crippen LogP contribution in [0.25, 0.3) is 0 Å². The molecule has 0 radical (unpaired) electrons. The molecule has 8 heteroatoms. The molecule has 2 aromatic rings. The maximum Gasteiger partial charge on any atom is 0.251 e. The molecule has 3 N–H and O–H groups in total. The number of carbonyl (C=O) groups is 1. The molecule has 1 saturated heterocycles. The van der Waals surface area contributed by atoms with Gasteiger partial charge in [0.1, 0.15) is 5.76 Å². The van der Waals surface area contributed by atoms with Crippen molar-refractivity contribution in [2.45, 2.75) is 38.5 Å². The van der Waals surface area contributed by atoms with E-state index in [4.69, 9.17) is 9.15 Å². The Labute approximate surface area is 188 Å². The third-order valence-electron chi connectivity index (χ3n) is 4.81. The highest BCUT2D eigenvalue weighted by molar-refractivity contribution is 14.0. The zero-order chi connectivity index (χ0) is 19.8. The molecule has 0 saturated carbocycles. The van der Waals surface area contributed by atoms with Gasteiger partial charge in [-0.25, -0.2) is 0 Å². The van der Waals surface area contributed by atoms with Gasteiger partial charge < -0.3 is 25.1 Å². The number of ether oxygens (including phenoxy) is 1. The quantitative estimate of drug-likeness (QED) is 0.302. The summed E-state index contributed by atoms with van der Waals surface area (Å²) in [5.74, 6) is 1.30. The molecule has 29 heavy (non-hydrogen) atoms. The standard InChI is InChI=1S/C21H28N4O3.HI/c1-21(9-5-11-28-21)15-25-20(22-2)24-13-16-6-3-7-17(12-16)19(26)23-14-18-8-4-10-27-18;/h3-4,6-8,10,12H,5,9,11,13-15H2,1-2H3,(H,23,26)(H2,22,24,25);1H. The monoisotopic (exact) mass is 512 g/mol. The number of guanidine groups is 1. The first-order chi connectivity index (χ1) is 13.6. The number of nitrogens with zero attached hydrogens (tertiary/aromatic N) is 1. The van der Waals surface area contributed by atoms with E-state index in [0.29, 0.717) is 31.2 Å². The first-order valence-corrected chi connectivity index (χ1v) is 9.56. The van der Waals surface area contributed by atoms with Gasteiger partial charge in [-0.3, -0.25) is 9.79 Å². The molecule has 1 aromatic heterocycles. The highest BCUT2D eigenvalue weighted by atomic mass is 127. The van der Waals surface area contributed by atoms with Crippen LogP contribution in [0.4, 0.5) is 0 Å². The Hall–Kier alpha value is -2.07. The Balaban J connectivity index is 0.00000300. The summed E-state index contributed by atoms with van der Waals surface area (Å²) in [5, 5.41) is 9.46. The van der Waals surface area contributed by atoms with E-state index in [0.717, 1.165) is 30.8 Å². The Kier molecular flexibility index (Phi) is 8.97. The molecule has 158 valence electrons. The number of halogens is 1. The summed E-state index contributed by atoms with van der Waals surface area (Å²) in [7, 11) is 1.74. The predicted octanol–water partition coefficient (Wildman–Crippen LogP) is 3.06. The highest BCUT2D eigenvalue weighted by Crippen LogP contribution is 2.23. The minimum Gasteiger partial charge on any atom is -0.467 e. The van der Waals surface area contributed by atoms with E-state index in [-0.39, 0.29) is 35.5 Å². The first kappa shape index (κ1) is 23.2. The van der Waals surface area contributed by atoms with Crippen LogP contribution in [0.1, 0.15) is 41.4 Å². The minimum atomic E-state index is -0.135. The van der Waals surface area contributed by atoms with E-state index < -0.39 is 0 Å². The molecule has 7 nitrogen and oxygen atoms in total. The van der Waals surface area contributed by atoms with Crippen molar-refractivity contribution in [2.24, 2.45) is 4.99 Å². The summed E-state index contributed by atoms with van der Waals surface area (Å²) in [6.45, 7) is 4.58. The molecule has 1 atom stereocenters. The molecule has 1 aliphatic heterocycles. The lowest BCUT2D eigenvalue weighted by Crippen LogP contribution is -2.45. The summed E-state index contributed by atoms with van der Waals surface area (Å²) >= 11 is 0. The summed E-state index contributed by atoms with van der Waals surface area (Å²) in [6, 6.07) is 11.2. The van der Waals surface area contributed by atoms with Gasteiger partial charge in [0.2, 0.25) is 0 Å². The molecule has 1 fully saturated rings. The van der Waals surface area contributed by atoms with Crippen molar-refractivity contribution >= 4 is 35.8 Å². The zero-order valence-electron chi connectivity index (χ0n) is 16.9. The molecule has 2 heterocycles. The third kappa shape index (κ3) is 7.04. The number of benzene rings is 1. The normalized spacial score (nSPS) is 18.8. The van der Waals surface area contributed by atoms with Crippen LogP contribution in [0.2, 0.25) is 0 Å². The van der Waals surface area contributed by atoms with Gasteiger partial charge in [-0.15, -0.1) is 24.0 Å². The second-order valence-electron chi connectivity index (χ2n) is 7.14. The van der Waals surface area contributed by atoms with Crippen molar-refractivity contribution in [1.82, 2.24) is 16.0 Å². The van der Waals surface area contributed by atoms with E-state index in [1.165, 1.54) is 0 Å². The number of aliphatic imine (C=N–C) groups is 1. The number of furan rings is 1. The highest BCUT2D eigenvalue weighted by Gasteiger charge is 2.29. The van der Waals surface area contributed by atoms with Crippen LogP contribution in [0.15, 0.2) is 52.1 Å². The summed E-state index contributed by atoms with van der Waals surface area (Å²) < 4.78 is 11.0. The van der Waals surface area contributed by atoms with Crippen LogP contribution in [-0.4, -0.2) is 37.7 Å². The number of amides is 1. The second kappa shape index (κ2) is 11.2. The van der Waals surface area contributed by atoms with Gasteiger partial charge in [0.15, 0.2) is 5.96 Å². The lowest BCUT2D eigenvalue weighted by Gasteiger charge is -2.24. The van der Waals surface area contributed by atoms with Crippen molar-refractivity contribution in [2.75, 3.05) is 20.2 Å². The SMILES string of the molecule is CN=C(NCc1cccc(C(=O)NCc2ccco2)c1)NCC1(C)CCCO1.I. The molecular weight excluding hydrogens is 483 g/mol. The lowest BCUT2D eigenvalue weighted by atomic mass is 10.0. The van der Waals surface area contributed by atoms with Crippen LogP contribution in [0.5, 0.6) is 0 Å². The summed E-state index contributed by atoms with van der Waals surface area (Å²) in [5.41, 5.74) is 1.47. The molecule has 1 amide bonds. The smallest absolute Gasteiger partial charge is 0.251 e. The van der Waals surface area contributed by atoms with Crippen LogP contribution in [0.3, 0.4) is 0 Å². The number of nitrogens with one attached hydrogen (secondary N) is 3. The number of carbonyl (C=O) groups excluding carboxylic acids is 1. The lowest BCUT2D eigenvalue weighted by molar-refractivity contribution is 0.0243. The molecule has 3 rings (SSSR count). The fourth-order valence-electron chi connectivity index (χ4n) is 3.16. The summed E-state index contributed by atoms with van der Waals surface area (Å²) in [4.78, 5) is 16.6. The van der Waals surface area contributed by atoms with Gasteiger partial charge in [-0.2, -0.15) is 0 Å². The van der Waals surface area contributed by atoms with Crippen molar-refractivity contribution < 1.29 is 13.9 Å². The number of rotatable bonds is 7. The Morgan fingerprint density at radius 1 is 1.17 bits per heavy atom. The number of hydrogen-bond acceptors (Lipinski definition) is 4. The fourth-order valence-corrected chi connectivity index (χ4v) is 3.16. The minimum absolute atomic E-state index is 0. The van der Waals surface area contributed by atoms with Crippen LogP contribution < -0.4 is 16.0 Å². The molecular formula is C21H29IN4O3. The van der Waals surface area contributed by atoms with Gasteiger partial charge in [-0.1, -0.05) is 12.1 Å². The molecule has 0 aliphatic carbocycles. The molecule has 1 unspecified atom stereocenters. The fraction of sp³-hybridized carbons (Fsp3) is 0.429. The summed E-state index contributed by atoms with van der Waals surface area (Å²) in [6.07, 6.45) is 3.74. The third-order valence-corrected chi connectivity index (χ3v) is 4.81. The van der Waals surface area contributed by atoms with Crippen molar-refractivity contribution in [3.63, 3.8) is 0 Å². The topological polar surface area (TPSA) is 87.9 Å². The van der Waals surface area contributed by atoms with Crippen LogP contribution in [0, 0.1) is 0 Å². The van der Waals surface area contributed by atoms with Crippen LogP contribution >= 0.6 is 24.0 Å². The predicted molar refractivity (Wildman–Crippen MR) is 124 cm³/mol.